The molecule has 0 saturated heterocycles. The average Bonchev–Trinajstić information content (AvgIpc) is 4.06. The summed E-state index contributed by atoms with van der Waals surface area (Å²) < 4.78 is 16.3. The molecular formula is C64H40N4O. The minimum atomic E-state index is 0.848. The van der Waals surface area contributed by atoms with Gasteiger partial charge in [-0.3, -0.25) is 0 Å². The summed E-state index contributed by atoms with van der Waals surface area (Å²) in [5.74, 6) is 0. The van der Waals surface area contributed by atoms with Crippen molar-refractivity contribution in [3.05, 3.63) is 243 Å². The Bertz CT molecular complexity index is 4670. The van der Waals surface area contributed by atoms with Crippen LogP contribution >= 0.6 is 0 Å². The van der Waals surface area contributed by atoms with Gasteiger partial charge in [0, 0.05) is 76.8 Å². The summed E-state index contributed by atoms with van der Waals surface area (Å²) >= 11 is 0. The smallest absolute Gasteiger partial charge is 0.135 e. The zero-order chi connectivity index (χ0) is 45.2. The van der Waals surface area contributed by atoms with Crippen LogP contribution in [0, 0.1) is 0 Å². The van der Waals surface area contributed by atoms with Crippen molar-refractivity contribution in [2.75, 3.05) is 0 Å². The third kappa shape index (κ3) is 5.71. The second-order valence-corrected chi connectivity index (χ2v) is 18.2. The lowest BCUT2D eigenvalue weighted by Crippen LogP contribution is -1.99. The summed E-state index contributed by atoms with van der Waals surface area (Å²) in [7, 11) is 0. The molecule has 5 heteroatoms. The molecule has 0 aliphatic heterocycles. The third-order valence-electron chi connectivity index (χ3n) is 14.3. The van der Waals surface area contributed by atoms with Gasteiger partial charge >= 0.3 is 0 Å². The number of furan rings is 1. The first kappa shape index (κ1) is 37.9. The van der Waals surface area contributed by atoms with Crippen LogP contribution in [0.15, 0.2) is 247 Å². The largest absolute Gasteiger partial charge is 0.456 e. The highest BCUT2D eigenvalue weighted by Gasteiger charge is 2.18. The molecule has 0 amide bonds. The van der Waals surface area contributed by atoms with E-state index in [1.807, 2.05) is 0 Å². The SMILES string of the molecule is c1ccc(-n2c3ccccc3c3ccc(-n4c5cccc(c5)c5cccc(c5)n(-c5ccc6c7ccccc7n(-c7cccc8ccccc78)c6c5)c5ccc6oc7ccc4cc7c6c5)cc32)cc1. The number of hydrogen-bond acceptors (Lipinski definition) is 1. The summed E-state index contributed by atoms with van der Waals surface area (Å²) in [5.41, 5.74) is 15.0. The van der Waals surface area contributed by atoms with E-state index in [1.165, 1.54) is 43.4 Å². The molecule has 0 aliphatic carbocycles. The lowest BCUT2D eigenvalue weighted by atomic mass is 10.1. The zero-order valence-electron chi connectivity index (χ0n) is 37.3. The Labute approximate surface area is 395 Å². The molecule has 4 heterocycles. The molecule has 15 rings (SSSR count). The molecule has 0 unspecified atom stereocenters. The maximum Gasteiger partial charge on any atom is 0.135 e. The highest BCUT2D eigenvalue weighted by atomic mass is 16.3. The van der Waals surface area contributed by atoms with E-state index in [-0.39, 0.29) is 0 Å². The fourth-order valence-electron chi connectivity index (χ4n) is 11.3. The summed E-state index contributed by atoms with van der Waals surface area (Å²) in [5, 5.41) is 11.7. The van der Waals surface area contributed by atoms with Crippen LogP contribution in [0.5, 0.6) is 0 Å². The first-order valence-electron chi connectivity index (χ1n) is 23.6. The summed E-state index contributed by atoms with van der Waals surface area (Å²) in [4.78, 5) is 0. The van der Waals surface area contributed by atoms with Gasteiger partial charge in [-0.2, -0.15) is 0 Å². The lowest BCUT2D eigenvalue weighted by molar-refractivity contribution is 0.669. The molecule has 0 N–H and O–H groups in total. The Kier molecular flexibility index (Phi) is 8.00. The molecular weight excluding hydrogens is 841 g/mol. The second kappa shape index (κ2) is 14.6. The summed E-state index contributed by atoms with van der Waals surface area (Å²) in [6, 6.07) is 88.5. The molecule has 322 valence electrons. The first-order valence-corrected chi connectivity index (χ1v) is 23.6. The van der Waals surface area contributed by atoms with E-state index in [0.717, 1.165) is 88.6 Å². The summed E-state index contributed by atoms with van der Waals surface area (Å²) in [6.07, 6.45) is 0. The van der Waals surface area contributed by atoms with Gasteiger partial charge in [0.2, 0.25) is 0 Å². The lowest BCUT2D eigenvalue weighted by Gasteiger charge is -2.15. The van der Waals surface area contributed by atoms with Crippen LogP contribution in [0.2, 0.25) is 0 Å². The van der Waals surface area contributed by atoms with Crippen molar-refractivity contribution >= 4 is 109 Å². The van der Waals surface area contributed by atoms with E-state index < -0.39 is 0 Å². The van der Waals surface area contributed by atoms with E-state index in [4.69, 9.17) is 4.42 Å². The normalized spacial score (nSPS) is 12.1. The highest BCUT2D eigenvalue weighted by molar-refractivity contribution is 6.13. The topological polar surface area (TPSA) is 32.9 Å². The number of fused-ring (bicyclic) bond motifs is 14. The minimum Gasteiger partial charge on any atom is -0.456 e. The van der Waals surface area contributed by atoms with Crippen LogP contribution in [0.3, 0.4) is 0 Å². The van der Waals surface area contributed by atoms with Crippen molar-refractivity contribution in [1.82, 2.24) is 18.3 Å². The van der Waals surface area contributed by atoms with Crippen molar-refractivity contribution in [3.8, 4) is 22.7 Å². The van der Waals surface area contributed by atoms with Crippen molar-refractivity contribution in [2.24, 2.45) is 0 Å². The average molecular weight is 881 g/mol. The van der Waals surface area contributed by atoms with Gasteiger partial charge in [-0.25, -0.2) is 0 Å². The molecule has 69 heavy (non-hydrogen) atoms. The van der Waals surface area contributed by atoms with Crippen molar-refractivity contribution < 1.29 is 4.42 Å². The molecule has 0 spiro atoms. The maximum atomic E-state index is 6.66. The Hall–Kier alpha value is -9.32. The number of rotatable bonds is 4. The molecule has 0 radical (unpaired) electrons. The van der Waals surface area contributed by atoms with E-state index in [2.05, 4.69) is 261 Å². The molecule has 4 aromatic heterocycles. The van der Waals surface area contributed by atoms with Crippen molar-refractivity contribution in [1.29, 1.82) is 0 Å². The molecule has 0 atom stereocenters. The molecule has 11 aromatic carbocycles. The number of hydrogen-bond donors (Lipinski definition) is 0. The highest BCUT2D eigenvalue weighted by Crippen LogP contribution is 2.39. The van der Waals surface area contributed by atoms with Gasteiger partial charge in [-0.05, 0) is 131 Å². The van der Waals surface area contributed by atoms with Crippen LogP contribution in [0.25, 0.3) is 132 Å². The maximum absolute atomic E-state index is 6.66. The molecule has 8 bridgehead atoms. The van der Waals surface area contributed by atoms with Gasteiger partial charge in [0.05, 0.1) is 27.8 Å². The molecule has 15 aromatic rings. The number of nitrogens with zero attached hydrogens (tertiary/aromatic N) is 4. The van der Waals surface area contributed by atoms with Crippen molar-refractivity contribution in [3.63, 3.8) is 0 Å². The first-order chi connectivity index (χ1) is 34.2. The Morgan fingerprint density at radius 1 is 0.232 bits per heavy atom. The zero-order valence-corrected chi connectivity index (χ0v) is 37.3. The number of aromatic nitrogens is 4. The molecule has 5 nitrogen and oxygen atoms in total. The Morgan fingerprint density at radius 2 is 0.696 bits per heavy atom. The quantitative estimate of drug-likeness (QED) is 0.173. The van der Waals surface area contributed by atoms with E-state index in [0.29, 0.717) is 0 Å². The van der Waals surface area contributed by atoms with E-state index >= 15 is 0 Å². The van der Waals surface area contributed by atoms with E-state index in [1.54, 1.807) is 0 Å². The van der Waals surface area contributed by atoms with E-state index in [9.17, 15) is 0 Å². The molecule has 0 aliphatic rings. The van der Waals surface area contributed by atoms with Crippen molar-refractivity contribution in [2.45, 2.75) is 0 Å². The molecule has 0 fully saturated rings. The van der Waals surface area contributed by atoms with Crippen LogP contribution in [-0.4, -0.2) is 18.3 Å². The second-order valence-electron chi connectivity index (χ2n) is 18.2. The van der Waals surface area contributed by atoms with Crippen LogP contribution < -0.4 is 0 Å². The predicted octanol–water partition coefficient (Wildman–Crippen LogP) is 17.1. The van der Waals surface area contributed by atoms with Gasteiger partial charge in [-0.15, -0.1) is 0 Å². The van der Waals surface area contributed by atoms with Gasteiger partial charge in [0.25, 0.3) is 0 Å². The fraction of sp³-hybridized carbons (Fsp3) is 0. The van der Waals surface area contributed by atoms with Crippen LogP contribution in [0.4, 0.5) is 0 Å². The Morgan fingerprint density at radius 3 is 1.32 bits per heavy atom. The Balaban J connectivity index is 1.03. The van der Waals surface area contributed by atoms with Gasteiger partial charge < -0.3 is 22.7 Å². The third-order valence-corrected chi connectivity index (χ3v) is 14.3. The minimum absolute atomic E-state index is 0.848. The van der Waals surface area contributed by atoms with Gasteiger partial charge in [0.1, 0.15) is 11.2 Å². The fourth-order valence-corrected chi connectivity index (χ4v) is 11.3. The van der Waals surface area contributed by atoms with Gasteiger partial charge in [0.15, 0.2) is 0 Å². The van der Waals surface area contributed by atoms with Crippen LogP contribution in [-0.2, 0) is 0 Å². The summed E-state index contributed by atoms with van der Waals surface area (Å²) in [6.45, 7) is 0. The number of para-hydroxylation sites is 3. The standard InChI is InChI=1S/C64H40N4O/c1-2-17-44(18-3-1)67-59-24-8-6-22-52(59)54-31-27-49(39-61(54)67)65-45-19-10-15-42(35-45)43-16-11-20-46(36-43)66(48-30-34-64-57(38-48)56-37-47(65)29-33-63(56)69-64)50-28-32-55-53-23-7-9-25-60(53)68(62(55)40-50)58-26-12-14-41-13-4-5-21-51(41)58/h1-40H. The molecule has 0 saturated carbocycles. The monoisotopic (exact) mass is 880 g/mol. The number of benzene rings is 11. The van der Waals surface area contributed by atoms with Gasteiger partial charge in [-0.1, -0.05) is 127 Å². The predicted molar refractivity (Wildman–Crippen MR) is 289 cm³/mol. The van der Waals surface area contributed by atoms with Crippen LogP contribution in [0.1, 0.15) is 0 Å².